The van der Waals surface area contributed by atoms with Crippen LogP contribution < -0.4 is 10.6 Å². The van der Waals surface area contributed by atoms with Crippen LogP contribution in [0.15, 0.2) is 30.3 Å². The molecule has 0 radical (unpaired) electrons. The van der Waals surface area contributed by atoms with Crippen LogP contribution in [0.4, 0.5) is 5.69 Å². The van der Waals surface area contributed by atoms with Crippen molar-refractivity contribution >= 4 is 28.8 Å². The van der Waals surface area contributed by atoms with Gasteiger partial charge in [0.1, 0.15) is 0 Å². The number of benzene rings is 1. The number of anilines is 1. The van der Waals surface area contributed by atoms with Gasteiger partial charge in [0.25, 0.3) is 0 Å². The minimum atomic E-state index is 0.0661. The molecule has 0 heterocycles. The average Bonchev–Trinajstić information content (AvgIpc) is 2.45. The Morgan fingerprint density at radius 2 is 2.00 bits per heavy atom. The number of nitrogens with zero attached hydrogens (tertiary/aromatic N) is 1. The van der Waals surface area contributed by atoms with Crippen molar-refractivity contribution in [2.75, 3.05) is 18.6 Å². The summed E-state index contributed by atoms with van der Waals surface area (Å²) in [6, 6.07) is 9.57. The molecule has 0 aliphatic heterocycles. The van der Waals surface area contributed by atoms with Crippen molar-refractivity contribution in [3.8, 4) is 0 Å². The summed E-state index contributed by atoms with van der Waals surface area (Å²) < 4.78 is 5.17. The average molecular weight is 294 g/mol. The van der Waals surface area contributed by atoms with Gasteiger partial charge in [0.05, 0.1) is 11.1 Å². The summed E-state index contributed by atoms with van der Waals surface area (Å²) in [5.41, 5.74) is 6.41. The molecule has 0 saturated carbocycles. The molecule has 1 atom stereocenters. The number of carbonyl (C=O) groups is 1. The molecule has 0 aliphatic carbocycles. The zero-order valence-corrected chi connectivity index (χ0v) is 12.9. The summed E-state index contributed by atoms with van der Waals surface area (Å²) in [5, 5.41) is 0. The zero-order chi connectivity index (χ0) is 15.0. The maximum atomic E-state index is 12.4. The van der Waals surface area contributed by atoms with Crippen LogP contribution in [0.1, 0.15) is 26.2 Å². The van der Waals surface area contributed by atoms with E-state index >= 15 is 0 Å². The van der Waals surface area contributed by atoms with Gasteiger partial charge in [-0.2, -0.15) is 0 Å². The first-order valence-electron chi connectivity index (χ1n) is 6.71. The highest BCUT2D eigenvalue weighted by Crippen LogP contribution is 2.16. The van der Waals surface area contributed by atoms with Crippen molar-refractivity contribution in [1.82, 2.24) is 0 Å². The Labute approximate surface area is 125 Å². The van der Waals surface area contributed by atoms with Crippen LogP contribution in [0.25, 0.3) is 0 Å². The fourth-order valence-corrected chi connectivity index (χ4v) is 1.90. The SMILES string of the molecule is COC(C)CCC(=O)N(CCC(N)=S)c1ccccc1. The van der Waals surface area contributed by atoms with Crippen molar-refractivity contribution in [1.29, 1.82) is 0 Å². The largest absolute Gasteiger partial charge is 0.393 e. The van der Waals surface area contributed by atoms with Gasteiger partial charge < -0.3 is 15.4 Å². The van der Waals surface area contributed by atoms with E-state index in [0.717, 1.165) is 5.69 Å². The number of hydrogen-bond acceptors (Lipinski definition) is 3. The van der Waals surface area contributed by atoms with Crippen LogP contribution >= 0.6 is 12.2 Å². The first kappa shape index (κ1) is 16.6. The topological polar surface area (TPSA) is 55.6 Å². The Balaban J connectivity index is 2.71. The number of para-hydroxylation sites is 1. The number of thiocarbonyl (C=S) groups is 1. The van der Waals surface area contributed by atoms with Gasteiger partial charge in [0, 0.05) is 32.2 Å². The quantitative estimate of drug-likeness (QED) is 0.749. The normalized spacial score (nSPS) is 11.9. The molecule has 0 fully saturated rings. The molecule has 1 rings (SSSR count). The first-order chi connectivity index (χ1) is 9.54. The third-order valence-corrected chi connectivity index (χ3v) is 3.32. The molecule has 0 aromatic heterocycles. The number of hydrogen-bond donors (Lipinski definition) is 1. The summed E-state index contributed by atoms with van der Waals surface area (Å²) in [6.07, 6.45) is 1.75. The van der Waals surface area contributed by atoms with Gasteiger partial charge in [0.2, 0.25) is 5.91 Å². The zero-order valence-electron chi connectivity index (χ0n) is 12.0. The lowest BCUT2D eigenvalue weighted by molar-refractivity contribution is -0.119. The molecular formula is C15H22N2O2S. The Hall–Kier alpha value is -1.46. The van der Waals surface area contributed by atoms with Crippen LogP contribution in [-0.4, -0.2) is 30.7 Å². The molecule has 0 spiro atoms. The van der Waals surface area contributed by atoms with Crippen molar-refractivity contribution in [3.05, 3.63) is 30.3 Å². The molecule has 1 amide bonds. The molecule has 5 heteroatoms. The van der Waals surface area contributed by atoms with Gasteiger partial charge in [-0.1, -0.05) is 30.4 Å². The molecule has 1 aromatic carbocycles. The molecule has 0 saturated heterocycles. The van der Waals surface area contributed by atoms with Crippen LogP contribution in [0, 0.1) is 0 Å². The van der Waals surface area contributed by atoms with Crippen molar-refractivity contribution in [2.45, 2.75) is 32.3 Å². The van der Waals surface area contributed by atoms with Gasteiger partial charge in [-0.05, 0) is 25.5 Å². The van der Waals surface area contributed by atoms with E-state index in [0.29, 0.717) is 30.8 Å². The number of methoxy groups -OCH3 is 1. The molecule has 20 heavy (non-hydrogen) atoms. The second-order valence-electron chi connectivity index (χ2n) is 4.68. The maximum absolute atomic E-state index is 12.4. The Morgan fingerprint density at radius 3 is 2.55 bits per heavy atom. The highest BCUT2D eigenvalue weighted by atomic mass is 32.1. The van der Waals surface area contributed by atoms with Gasteiger partial charge in [-0.25, -0.2) is 0 Å². The molecule has 1 unspecified atom stereocenters. The van der Waals surface area contributed by atoms with Crippen molar-refractivity contribution < 1.29 is 9.53 Å². The smallest absolute Gasteiger partial charge is 0.227 e. The third-order valence-electron chi connectivity index (χ3n) is 3.12. The van der Waals surface area contributed by atoms with Gasteiger partial charge in [0.15, 0.2) is 0 Å². The number of ether oxygens (including phenoxy) is 1. The highest BCUT2D eigenvalue weighted by Gasteiger charge is 2.16. The van der Waals surface area contributed by atoms with Crippen LogP contribution in [0.2, 0.25) is 0 Å². The van der Waals surface area contributed by atoms with Crippen LogP contribution in [-0.2, 0) is 9.53 Å². The fraction of sp³-hybridized carbons (Fsp3) is 0.467. The number of amides is 1. The Morgan fingerprint density at radius 1 is 1.35 bits per heavy atom. The predicted octanol–water partition coefficient (Wildman–Crippen LogP) is 2.51. The van der Waals surface area contributed by atoms with E-state index < -0.39 is 0 Å². The minimum absolute atomic E-state index is 0.0661. The lowest BCUT2D eigenvalue weighted by Gasteiger charge is -2.23. The molecule has 0 bridgehead atoms. The summed E-state index contributed by atoms with van der Waals surface area (Å²) in [7, 11) is 1.65. The summed E-state index contributed by atoms with van der Waals surface area (Å²) in [5.74, 6) is 0.0661. The Kier molecular flexibility index (Phi) is 7.18. The van der Waals surface area contributed by atoms with E-state index in [-0.39, 0.29) is 12.0 Å². The van der Waals surface area contributed by atoms with Gasteiger partial charge in [-0.15, -0.1) is 0 Å². The summed E-state index contributed by atoms with van der Waals surface area (Å²) in [6.45, 7) is 2.47. The molecule has 4 nitrogen and oxygen atoms in total. The summed E-state index contributed by atoms with van der Waals surface area (Å²) >= 11 is 4.90. The number of carbonyl (C=O) groups excluding carboxylic acids is 1. The number of nitrogens with two attached hydrogens (primary N) is 1. The van der Waals surface area contributed by atoms with E-state index in [1.54, 1.807) is 12.0 Å². The maximum Gasteiger partial charge on any atom is 0.227 e. The first-order valence-corrected chi connectivity index (χ1v) is 7.12. The minimum Gasteiger partial charge on any atom is -0.393 e. The van der Waals surface area contributed by atoms with Crippen LogP contribution in [0.3, 0.4) is 0 Å². The van der Waals surface area contributed by atoms with Gasteiger partial charge >= 0.3 is 0 Å². The second-order valence-corrected chi connectivity index (χ2v) is 5.21. The second kappa shape index (κ2) is 8.66. The molecule has 1 aromatic rings. The van der Waals surface area contributed by atoms with Crippen LogP contribution in [0.5, 0.6) is 0 Å². The standard InChI is InChI=1S/C15H22N2O2S/c1-12(19-2)8-9-15(18)17(11-10-14(16)20)13-6-4-3-5-7-13/h3-7,12H,8-11H2,1-2H3,(H2,16,20). The monoisotopic (exact) mass is 294 g/mol. The lowest BCUT2D eigenvalue weighted by Crippen LogP contribution is -2.34. The van der Waals surface area contributed by atoms with E-state index in [1.165, 1.54) is 0 Å². The van der Waals surface area contributed by atoms with E-state index in [9.17, 15) is 4.79 Å². The van der Waals surface area contributed by atoms with Crippen molar-refractivity contribution in [2.24, 2.45) is 5.73 Å². The van der Waals surface area contributed by atoms with E-state index in [4.69, 9.17) is 22.7 Å². The predicted molar refractivity (Wildman–Crippen MR) is 85.9 cm³/mol. The highest BCUT2D eigenvalue weighted by molar-refractivity contribution is 7.80. The summed E-state index contributed by atoms with van der Waals surface area (Å²) in [4.78, 5) is 14.5. The third kappa shape index (κ3) is 5.67. The van der Waals surface area contributed by atoms with Gasteiger partial charge in [-0.3, -0.25) is 4.79 Å². The van der Waals surface area contributed by atoms with E-state index in [2.05, 4.69) is 0 Å². The lowest BCUT2D eigenvalue weighted by atomic mass is 10.1. The molecule has 0 aliphatic rings. The Bertz CT molecular complexity index is 437. The fourth-order valence-electron chi connectivity index (χ4n) is 1.81. The number of rotatable bonds is 8. The van der Waals surface area contributed by atoms with E-state index in [1.807, 2.05) is 37.3 Å². The van der Waals surface area contributed by atoms with Crippen molar-refractivity contribution in [3.63, 3.8) is 0 Å². The molecular weight excluding hydrogens is 272 g/mol. The molecule has 110 valence electrons. The molecule has 2 N–H and O–H groups in total.